The molecule has 102 valence electrons. The summed E-state index contributed by atoms with van der Waals surface area (Å²) in [6.45, 7) is 2.30. The molecule has 20 heavy (non-hydrogen) atoms. The van der Waals surface area contributed by atoms with E-state index in [1.165, 1.54) is 32.1 Å². The molecule has 1 saturated carbocycles. The number of nitriles is 1. The monoisotopic (exact) mass is 263 g/mol. The Bertz CT molecular complexity index is 540. The molecule has 0 amide bonds. The van der Waals surface area contributed by atoms with Crippen LogP contribution in [0.1, 0.15) is 50.2 Å². The van der Waals surface area contributed by atoms with Gasteiger partial charge in [0.15, 0.2) is 0 Å². The smallest absolute Gasteiger partial charge is 0.0991 e. The Morgan fingerprint density at radius 3 is 2.35 bits per heavy atom. The Kier molecular flexibility index (Phi) is 5.45. The maximum Gasteiger partial charge on any atom is 0.0991 e. The number of allylic oxidation sites excluding steroid dienone is 2. The van der Waals surface area contributed by atoms with Crippen molar-refractivity contribution in [3.63, 3.8) is 0 Å². The zero-order chi connectivity index (χ0) is 14.2. The summed E-state index contributed by atoms with van der Waals surface area (Å²) in [6, 6.07) is 9.51. The molecule has 1 fully saturated rings. The van der Waals surface area contributed by atoms with Crippen molar-refractivity contribution in [2.45, 2.75) is 39.0 Å². The predicted octanol–water partition coefficient (Wildman–Crippen LogP) is 4.68. The minimum atomic E-state index is 0.679. The number of benzene rings is 1. The molecule has 0 unspecified atom stereocenters. The van der Waals surface area contributed by atoms with Crippen LogP contribution in [-0.2, 0) is 0 Å². The molecule has 1 heteroatoms. The highest BCUT2D eigenvalue weighted by atomic mass is 14.2. The summed E-state index contributed by atoms with van der Waals surface area (Å²) in [5, 5.41) is 8.73. The predicted molar refractivity (Wildman–Crippen MR) is 82.9 cm³/mol. The summed E-state index contributed by atoms with van der Waals surface area (Å²) >= 11 is 0. The molecule has 0 heterocycles. The molecule has 0 radical (unpaired) electrons. The Balaban J connectivity index is 1.84. The lowest BCUT2D eigenvalue weighted by Crippen LogP contribution is -2.11. The molecule has 0 bridgehead atoms. The maximum absolute atomic E-state index is 8.73. The fourth-order valence-corrected chi connectivity index (χ4v) is 2.73. The first kappa shape index (κ1) is 14.4. The molecule has 0 atom stereocenters. The molecule has 2 rings (SSSR count). The van der Waals surface area contributed by atoms with Gasteiger partial charge in [0, 0.05) is 5.56 Å². The van der Waals surface area contributed by atoms with Crippen LogP contribution < -0.4 is 0 Å². The Hall–Kier alpha value is -1.99. The van der Waals surface area contributed by atoms with Gasteiger partial charge >= 0.3 is 0 Å². The van der Waals surface area contributed by atoms with Crippen molar-refractivity contribution in [3.05, 3.63) is 47.5 Å². The zero-order valence-corrected chi connectivity index (χ0v) is 12.1. The first-order valence-corrected chi connectivity index (χ1v) is 7.50. The third kappa shape index (κ3) is 4.29. The second kappa shape index (κ2) is 7.56. The van der Waals surface area contributed by atoms with E-state index in [0.717, 1.165) is 11.5 Å². The van der Waals surface area contributed by atoms with Crippen LogP contribution in [0.2, 0.25) is 0 Å². The van der Waals surface area contributed by atoms with Gasteiger partial charge in [0.05, 0.1) is 11.6 Å². The van der Waals surface area contributed by atoms with Crippen molar-refractivity contribution in [3.8, 4) is 17.9 Å². The number of nitrogens with zero attached hydrogens (tertiary/aromatic N) is 1. The molecular weight excluding hydrogens is 242 g/mol. The SMILES string of the molecule is CCC1CCC(/C=C/C#Cc2ccc(C#N)cc2)CC1. The molecule has 1 aromatic rings. The van der Waals surface area contributed by atoms with Gasteiger partial charge in [-0.25, -0.2) is 0 Å². The third-order valence-corrected chi connectivity index (χ3v) is 4.15. The fourth-order valence-electron chi connectivity index (χ4n) is 2.73. The van der Waals surface area contributed by atoms with Crippen LogP contribution in [0.3, 0.4) is 0 Å². The molecule has 0 aliphatic heterocycles. The average molecular weight is 263 g/mol. The van der Waals surface area contributed by atoms with Crippen molar-refractivity contribution in [1.82, 2.24) is 0 Å². The summed E-state index contributed by atoms with van der Waals surface area (Å²) in [5.74, 6) is 7.87. The number of rotatable bonds is 2. The molecule has 1 aliphatic carbocycles. The van der Waals surface area contributed by atoms with Gasteiger partial charge in [-0.3, -0.25) is 0 Å². The summed E-state index contributed by atoms with van der Waals surface area (Å²) in [4.78, 5) is 0. The second-order valence-corrected chi connectivity index (χ2v) is 5.51. The van der Waals surface area contributed by atoms with E-state index < -0.39 is 0 Å². The molecule has 0 saturated heterocycles. The van der Waals surface area contributed by atoms with E-state index in [-0.39, 0.29) is 0 Å². The van der Waals surface area contributed by atoms with Crippen molar-refractivity contribution >= 4 is 0 Å². The zero-order valence-electron chi connectivity index (χ0n) is 12.1. The van der Waals surface area contributed by atoms with E-state index in [1.807, 2.05) is 18.2 Å². The van der Waals surface area contributed by atoms with Crippen LogP contribution in [-0.4, -0.2) is 0 Å². The highest BCUT2D eigenvalue weighted by Crippen LogP contribution is 2.31. The quantitative estimate of drug-likeness (QED) is 0.710. The van der Waals surface area contributed by atoms with E-state index in [2.05, 4.69) is 30.9 Å². The molecule has 0 N–H and O–H groups in total. The van der Waals surface area contributed by atoms with Crippen LogP contribution in [0.4, 0.5) is 0 Å². The summed E-state index contributed by atoms with van der Waals surface area (Å²) in [6.07, 6.45) is 11.0. The van der Waals surface area contributed by atoms with E-state index >= 15 is 0 Å². The lowest BCUT2D eigenvalue weighted by Gasteiger charge is -2.25. The molecule has 1 nitrogen and oxygen atoms in total. The van der Waals surface area contributed by atoms with Crippen molar-refractivity contribution in [2.75, 3.05) is 0 Å². The minimum absolute atomic E-state index is 0.679. The van der Waals surface area contributed by atoms with Gasteiger partial charge in [-0.1, -0.05) is 31.3 Å². The van der Waals surface area contributed by atoms with Crippen molar-refractivity contribution < 1.29 is 0 Å². The Morgan fingerprint density at radius 1 is 1.10 bits per heavy atom. The van der Waals surface area contributed by atoms with Gasteiger partial charge in [0.2, 0.25) is 0 Å². The summed E-state index contributed by atoms with van der Waals surface area (Å²) < 4.78 is 0. The normalized spacial score (nSPS) is 22.0. The van der Waals surface area contributed by atoms with Crippen molar-refractivity contribution in [2.24, 2.45) is 11.8 Å². The Morgan fingerprint density at radius 2 is 1.75 bits per heavy atom. The van der Waals surface area contributed by atoms with Gasteiger partial charge in [0.1, 0.15) is 0 Å². The van der Waals surface area contributed by atoms with E-state index in [0.29, 0.717) is 11.5 Å². The average Bonchev–Trinajstić information content (AvgIpc) is 2.53. The summed E-state index contributed by atoms with van der Waals surface area (Å²) in [7, 11) is 0. The Labute approximate surface area is 122 Å². The van der Waals surface area contributed by atoms with Gasteiger partial charge in [0.25, 0.3) is 0 Å². The maximum atomic E-state index is 8.73. The molecule has 1 aromatic carbocycles. The van der Waals surface area contributed by atoms with Crippen LogP contribution in [0.5, 0.6) is 0 Å². The van der Waals surface area contributed by atoms with Crippen LogP contribution in [0.25, 0.3) is 0 Å². The van der Waals surface area contributed by atoms with Crippen LogP contribution in [0.15, 0.2) is 36.4 Å². The topological polar surface area (TPSA) is 23.8 Å². The van der Waals surface area contributed by atoms with E-state index in [9.17, 15) is 0 Å². The highest BCUT2D eigenvalue weighted by Gasteiger charge is 2.17. The third-order valence-electron chi connectivity index (χ3n) is 4.15. The largest absolute Gasteiger partial charge is 0.192 e. The molecule has 0 aromatic heterocycles. The summed E-state index contributed by atoms with van der Waals surface area (Å²) in [5.41, 5.74) is 1.64. The van der Waals surface area contributed by atoms with Crippen LogP contribution in [0, 0.1) is 35.0 Å². The minimum Gasteiger partial charge on any atom is -0.192 e. The number of hydrogen-bond donors (Lipinski definition) is 0. The lowest BCUT2D eigenvalue weighted by atomic mass is 9.81. The van der Waals surface area contributed by atoms with Gasteiger partial charge in [-0.15, -0.1) is 0 Å². The van der Waals surface area contributed by atoms with Gasteiger partial charge < -0.3 is 0 Å². The standard InChI is InChI=1S/C19H21N/c1-2-16-7-9-17(10-8-16)5-3-4-6-18-11-13-19(15-20)14-12-18/h3,5,11-14,16-17H,2,7-10H2,1H3/b5-3+. The van der Waals surface area contributed by atoms with Gasteiger partial charge in [-0.05, 0) is 67.9 Å². The first-order valence-electron chi connectivity index (χ1n) is 7.50. The number of hydrogen-bond acceptors (Lipinski definition) is 1. The fraction of sp³-hybridized carbons (Fsp3) is 0.421. The van der Waals surface area contributed by atoms with Gasteiger partial charge in [-0.2, -0.15) is 5.26 Å². The van der Waals surface area contributed by atoms with Crippen molar-refractivity contribution in [1.29, 1.82) is 5.26 Å². The first-order chi connectivity index (χ1) is 9.81. The highest BCUT2D eigenvalue weighted by molar-refractivity contribution is 5.41. The van der Waals surface area contributed by atoms with E-state index in [1.54, 1.807) is 12.1 Å². The molecule has 0 spiro atoms. The van der Waals surface area contributed by atoms with E-state index in [4.69, 9.17) is 5.26 Å². The molecular formula is C19H21N. The van der Waals surface area contributed by atoms with Crippen LogP contribution >= 0.6 is 0 Å². The lowest BCUT2D eigenvalue weighted by molar-refractivity contribution is 0.304. The molecule has 1 aliphatic rings. The second-order valence-electron chi connectivity index (χ2n) is 5.51.